The van der Waals surface area contributed by atoms with Gasteiger partial charge in [0.15, 0.2) is 0 Å². The second-order valence-electron chi connectivity index (χ2n) is 3.77. The number of anilines is 1. The molecule has 0 saturated carbocycles. The molecule has 86 valence electrons. The molecule has 0 bridgehead atoms. The molecule has 0 aliphatic heterocycles. The van der Waals surface area contributed by atoms with Gasteiger partial charge in [0, 0.05) is 19.3 Å². The smallest absolute Gasteiger partial charge is 0.0991 e. The first-order valence-corrected chi connectivity index (χ1v) is 6.80. The van der Waals surface area contributed by atoms with E-state index in [1.165, 1.54) is 5.56 Å². The number of nitriles is 1. The summed E-state index contributed by atoms with van der Waals surface area (Å²) in [6.45, 7) is 0.869. The lowest BCUT2D eigenvalue weighted by molar-refractivity contribution is 0.927. The summed E-state index contributed by atoms with van der Waals surface area (Å²) in [5.74, 6) is 0. The summed E-state index contributed by atoms with van der Waals surface area (Å²) in [6.07, 6.45) is 0. The predicted molar refractivity (Wildman–Crippen MR) is 75.3 cm³/mol. The first-order valence-electron chi connectivity index (χ1n) is 5.13. The van der Waals surface area contributed by atoms with Gasteiger partial charge in [-0.05, 0) is 57.2 Å². The van der Waals surface area contributed by atoms with Gasteiger partial charge in [0.25, 0.3) is 0 Å². The Kier molecular flexibility index (Phi) is 3.82. The highest BCUT2D eigenvalue weighted by molar-refractivity contribution is 9.11. The monoisotopic (exact) mass is 306 g/mol. The van der Waals surface area contributed by atoms with E-state index in [4.69, 9.17) is 5.26 Å². The molecule has 0 aliphatic carbocycles. The van der Waals surface area contributed by atoms with Gasteiger partial charge in [-0.2, -0.15) is 5.26 Å². The molecule has 0 unspecified atom stereocenters. The van der Waals surface area contributed by atoms with Crippen molar-refractivity contribution < 1.29 is 0 Å². The van der Waals surface area contributed by atoms with Crippen LogP contribution in [0.4, 0.5) is 5.69 Å². The van der Waals surface area contributed by atoms with E-state index < -0.39 is 0 Å². The van der Waals surface area contributed by atoms with Crippen molar-refractivity contribution >= 4 is 33.0 Å². The molecule has 0 radical (unpaired) electrons. The number of nitrogens with zero attached hydrogens (tertiary/aromatic N) is 2. The Balaban J connectivity index is 2.09. The summed E-state index contributed by atoms with van der Waals surface area (Å²) in [5.41, 5.74) is 3.10. The van der Waals surface area contributed by atoms with Crippen LogP contribution >= 0.6 is 27.3 Å². The second kappa shape index (κ2) is 5.35. The van der Waals surface area contributed by atoms with E-state index in [0.29, 0.717) is 5.56 Å². The lowest BCUT2D eigenvalue weighted by atomic mass is 10.2. The van der Waals surface area contributed by atoms with Gasteiger partial charge < -0.3 is 4.90 Å². The summed E-state index contributed by atoms with van der Waals surface area (Å²) < 4.78 is 1.15. The van der Waals surface area contributed by atoms with Crippen LogP contribution in [0.3, 0.4) is 0 Å². The van der Waals surface area contributed by atoms with Gasteiger partial charge in [0.2, 0.25) is 0 Å². The third-order valence-corrected chi connectivity index (χ3v) is 4.03. The predicted octanol–water partition coefficient (Wildman–Crippen LogP) is 4.02. The van der Waals surface area contributed by atoms with Crippen LogP contribution in [-0.4, -0.2) is 7.05 Å². The first-order chi connectivity index (χ1) is 8.19. The molecule has 2 rings (SSSR count). The zero-order valence-electron chi connectivity index (χ0n) is 9.35. The zero-order valence-corrected chi connectivity index (χ0v) is 11.8. The minimum absolute atomic E-state index is 0.695. The van der Waals surface area contributed by atoms with Crippen molar-refractivity contribution in [3.05, 3.63) is 50.6 Å². The average Bonchev–Trinajstić information content (AvgIpc) is 2.75. The highest BCUT2D eigenvalue weighted by Gasteiger charge is 2.04. The van der Waals surface area contributed by atoms with Crippen molar-refractivity contribution in [3.63, 3.8) is 0 Å². The van der Waals surface area contributed by atoms with Crippen molar-refractivity contribution in [2.75, 3.05) is 11.9 Å². The summed E-state index contributed by atoms with van der Waals surface area (Å²) in [6, 6.07) is 11.9. The molecule has 0 N–H and O–H groups in total. The molecule has 0 spiro atoms. The number of hydrogen-bond acceptors (Lipinski definition) is 3. The van der Waals surface area contributed by atoms with Gasteiger partial charge in [0.1, 0.15) is 0 Å². The quantitative estimate of drug-likeness (QED) is 0.856. The molecule has 1 aromatic heterocycles. The van der Waals surface area contributed by atoms with E-state index in [0.717, 1.165) is 16.0 Å². The third kappa shape index (κ3) is 3.09. The van der Waals surface area contributed by atoms with E-state index >= 15 is 0 Å². The fourth-order valence-corrected chi connectivity index (χ4v) is 2.78. The molecule has 0 fully saturated rings. The molecule has 1 heterocycles. The van der Waals surface area contributed by atoms with Crippen molar-refractivity contribution in [2.45, 2.75) is 6.54 Å². The van der Waals surface area contributed by atoms with E-state index in [-0.39, 0.29) is 0 Å². The molecule has 17 heavy (non-hydrogen) atoms. The van der Waals surface area contributed by atoms with Crippen molar-refractivity contribution in [1.82, 2.24) is 0 Å². The normalized spacial score (nSPS) is 9.94. The van der Waals surface area contributed by atoms with Crippen LogP contribution in [0, 0.1) is 11.3 Å². The van der Waals surface area contributed by atoms with Gasteiger partial charge in [-0.3, -0.25) is 0 Å². The molecular formula is C13H11BrN2S. The Morgan fingerprint density at radius 1 is 1.35 bits per heavy atom. The van der Waals surface area contributed by atoms with Gasteiger partial charge in [-0.1, -0.05) is 0 Å². The Labute approximate surface area is 113 Å². The number of hydrogen-bond donors (Lipinski definition) is 0. The molecule has 1 aromatic carbocycles. The third-order valence-electron chi connectivity index (χ3n) is 2.48. The Morgan fingerprint density at radius 3 is 2.59 bits per heavy atom. The highest BCUT2D eigenvalue weighted by Crippen LogP contribution is 2.23. The number of halogens is 1. The van der Waals surface area contributed by atoms with E-state index in [2.05, 4.69) is 38.3 Å². The maximum atomic E-state index is 8.74. The lowest BCUT2D eigenvalue weighted by Gasteiger charge is -2.18. The van der Waals surface area contributed by atoms with Crippen LogP contribution in [0.1, 0.15) is 11.1 Å². The van der Waals surface area contributed by atoms with Crippen LogP contribution in [-0.2, 0) is 6.54 Å². The van der Waals surface area contributed by atoms with Crippen LogP contribution in [0.15, 0.2) is 39.5 Å². The average molecular weight is 307 g/mol. The summed E-state index contributed by atoms with van der Waals surface area (Å²) >= 11 is 5.16. The fourth-order valence-electron chi connectivity index (χ4n) is 1.58. The van der Waals surface area contributed by atoms with Crippen molar-refractivity contribution in [2.24, 2.45) is 0 Å². The highest BCUT2D eigenvalue weighted by atomic mass is 79.9. The van der Waals surface area contributed by atoms with Crippen LogP contribution in [0.2, 0.25) is 0 Å². The molecular weight excluding hydrogens is 296 g/mol. The van der Waals surface area contributed by atoms with Gasteiger partial charge in [-0.15, -0.1) is 11.3 Å². The second-order valence-corrected chi connectivity index (χ2v) is 6.06. The molecule has 4 heteroatoms. The molecule has 0 aliphatic rings. The lowest BCUT2D eigenvalue weighted by Crippen LogP contribution is -2.15. The standard InChI is InChI=1S/C13H11BrN2S/c1-16(8-11-6-13(14)17-9-11)12-4-2-10(7-15)3-5-12/h2-6,9H,8H2,1H3. The molecule has 0 amide bonds. The van der Waals surface area contributed by atoms with Crippen molar-refractivity contribution in [1.29, 1.82) is 5.26 Å². The zero-order chi connectivity index (χ0) is 12.3. The van der Waals surface area contributed by atoms with Crippen molar-refractivity contribution in [3.8, 4) is 6.07 Å². The molecule has 0 saturated heterocycles. The Hall–Kier alpha value is -1.31. The number of thiophene rings is 1. The van der Waals surface area contributed by atoms with Gasteiger partial charge in [-0.25, -0.2) is 0 Å². The van der Waals surface area contributed by atoms with Crippen LogP contribution < -0.4 is 4.90 Å². The topological polar surface area (TPSA) is 27.0 Å². The van der Waals surface area contributed by atoms with Crippen LogP contribution in [0.25, 0.3) is 0 Å². The van der Waals surface area contributed by atoms with Gasteiger partial charge >= 0.3 is 0 Å². The SMILES string of the molecule is CN(Cc1csc(Br)c1)c1ccc(C#N)cc1. The Morgan fingerprint density at radius 2 is 2.06 bits per heavy atom. The fraction of sp³-hybridized carbons (Fsp3) is 0.154. The largest absolute Gasteiger partial charge is 0.370 e. The molecule has 2 aromatic rings. The summed E-state index contributed by atoms with van der Waals surface area (Å²) in [4.78, 5) is 2.16. The maximum absolute atomic E-state index is 8.74. The minimum Gasteiger partial charge on any atom is -0.370 e. The minimum atomic E-state index is 0.695. The number of rotatable bonds is 3. The van der Waals surface area contributed by atoms with E-state index in [9.17, 15) is 0 Å². The molecule has 2 nitrogen and oxygen atoms in total. The summed E-state index contributed by atoms with van der Waals surface area (Å²) in [5, 5.41) is 10.9. The van der Waals surface area contributed by atoms with Gasteiger partial charge in [0.05, 0.1) is 15.4 Å². The molecule has 0 atom stereocenters. The van der Waals surface area contributed by atoms with Crippen LogP contribution in [0.5, 0.6) is 0 Å². The van der Waals surface area contributed by atoms with E-state index in [1.54, 1.807) is 11.3 Å². The Bertz CT molecular complexity index is 539. The number of benzene rings is 1. The van der Waals surface area contributed by atoms with E-state index in [1.807, 2.05) is 31.3 Å². The first kappa shape index (κ1) is 12.2. The summed E-state index contributed by atoms with van der Waals surface area (Å²) in [7, 11) is 2.05. The maximum Gasteiger partial charge on any atom is 0.0991 e.